The Hall–Kier alpha value is -3.13. The van der Waals surface area contributed by atoms with Gasteiger partial charge in [0.2, 0.25) is 0 Å². The summed E-state index contributed by atoms with van der Waals surface area (Å²) in [6.45, 7) is 0.475. The van der Waals surface area contributed by atoms with Crippen LogP contribution in [0.15, 0.2) is 48.5 Å². The number of nitrogens with zero attached hydrogens (tertiary/aromatic N) is 2. The third-order valence-electron chi connectivity index (χ3n) is 3.54. The maximum Gasteiger partial charge on any atom is 0.261 e. The Morgan fingerprint density at radius 2 is 1.55 bits per heavy atom. The molecule has 108 valence electrons. The molecule has 1 N–H and O–H groups in total. The summed E-state index contributed by atoms with van der Waals surface area (Å²) in [6, 6.07) is 16.2. The minimum Gasteiger partial charge on any atom is -0.372 e. The van der Waals surface area contributed by atoms with Crippen molar-refractivity contribution in [1.29, 1.82) is 5.26 Å². The Morgan fingerprint density at radius 3 is 2.09 bits per heavy atom. The molecule has 0 saturated heterocycles. The topological polar surface area (TPSA) is 73.2 Å². The largest absolute Gasteiger partial charge is 0.372 e. The number of amides is 2. The van der Waals surface area contributed by atoms with Gasteiger partial charge in [-0.3, -0.25) is 14.5 Å². The number of carbonyl (C=O) groups is 2. The van der Waals surface area contributed by atoms with E-state index in [1.165, 1.54) is 4.90 Å². The molecule has 22 heavy (non-hydrogen) atoms. The van der Waals surface area contributed by atoms with Crippen molar-refractivity contribution in [2.75, 3.05) is 11.9 Å². The molecule has 5 heteroatoms. The molecule has 0 spiro atoms. The second-order valence-electron chi connectivity index (χ2n) is 4.95. The van der Waals surface area contributed by atoms with E-state index < -0.39 is 0 Å². The average molecular weight is 291 g/mol. The first-order chi connectivity index (χ1) is 10.7. The Kier molecular flexibility index (Phi) is 3.58. The normalized spacial score (nSPS) is 13.0. The van der Waals surface area contributed by atoms with E-state index in [4.69, 9.17) is 5.26 Å². The molecule has 2 amide bonds. The number of fused-ring (bicyclic) bond motifs is 1. The summed E-state index contributed by atoms with van der Waals surface area (Å²) in [4.78, 5) is 25.8. The lowest BCUT2D eigenvalue weighted by Gasteiger charge is -2.14. The average Bonchev–Trinajstić information content (AvgIpc) is 2.80. The van der Waals surface area contributed by atoms with Crippen LogP contribution in [0.5, 0.6) is 0 Å². The van der Waals surface area contributed by atoms with E-state index in [1.54, 1.807) is 24.3 Å². The van der Waals surface area contributed by atoms with Crippen molar-refractivity contribution in [2.24, 2.45) is 0 Å². The molecule has 0 radical (unpaired) electrons. The van der Waals surface area contributed by atoms with Crippen LogP contribution in [0.1, 0.15) is 26.3 Å². The fourth-order valence-electron chi connectivity index (χ4n) is 2.43. The number of carbonyl (C=O) groups excluding carboxylic acids is 2. The van der Waals surface area contributed by atoms with Gasteiger partial charge in [-0.1, -0.05) is 24.3 Å². The molecular formula is C17H13N3O2. The molecule has 2 aromatic carbocycles. The number of hydrogen-bond donors (Lipinski definition) is 1. The minimum atomic E-state index is -0.257. The molecule has 1 aliphatic rings. The number of nitriles is 1. The van der Waals surface area contributed by atoms with Gasteiger partial charge in [0, 0.05) is 5.69 Å². The van der Waals surface area contributed by atoms with E-state index in [0.29, 0.717) is 11.1 Å². The molecule has 3 rings (SSSR count). The molecule has 0 bridgehead atoms. The minimum absolute atomic E-state index is 0.234. The first-order valence-corrected chi connectivity index (χ1v) is 6.85. The van der Waals surface area contributed by atoms with Gasteiger partial charge in [0.1, 0.15) is 6.54 Å². The summed E-state index contributed by atoms with van der Waals surface area (Å²) >= 11 is 0. The lowest BCUT2D eigenvalue weighted by Crippen LogP contribution is -2.29. The van der Waals surface area contributed by atoms with Gasteiger partial charge >= 0.3 is 0 Å². The summed E-state index contributed by atoms with van der Waals surface area (Å²) < 4.78 is 0. The molecule has 0 aliphatic carbocycles. The lowest BCUT2D eigenvalue weighted by atomic mass is 10.1. The van der Waals surface area contributed by atoms with Gasteiger partial charge in [0.25, 0.3) is 11.8 Å². The van der Waals surface area contributed by atoms with Crippen molar-refractivity contribution in [3.63, 3.8) is 0 Å². The van der Waals surface area contributed by atoms with Crippen LogP contribution in [0.3, 0.4) is 0 Å². The van der Waals surface area contributed by atoms with Crippen LogP contribution in [0.4, 0.5) is 5.69 Å². The molecule has 0 unspecified atom stereocenters. The summed E-state index contributed by atoms with van der Waals surface area (Å²) in [5.74, 6) is -0.514. The molecule has 1 aliphatic heterocycles. The third kappa shape index (κ3) is 2.42. The first-order valence-electron chi connectivity index (χ1n) is 6.85. The Bertz CT molecular complexity index is 740. The van der Waals surface area contributed by atoms with Gasteiger partial charge in [-0.15, -0.1) is 0 Å². The number of benzene rings is 2. The number of nitrogens with one attached hydrogen (secondary N) is 1. The highest BCUT2D eigenvalue weighted by Crippen LogP contribution is 2.24. The zero-order valence-corrected chi connectivity index (χ0v) is 11.7. The molecule has 1 heterocycles. The molecule has 0 aromatic heterocycles. The maximum atomic E-state index is 12.3. The van der Waals surface area contributed by atoms with E-state index in [-0.39, 0.29) is 24.9 Å². The van der Waals surface area contributed by atoms with Gasteiger partial charge in [0.15, 0.2) is 0 Å². The van der Waals surface area contributed by atoms with Crippen molar-refractivity contribution in [3.8, 4) is 6.07 Å². The van der Waals surface area contributed by atoms with Crippen molar-refractivity contribution in [3.05, 3.63) is 65.2 Å². The van der Waals surface area contributed by atoms with Gasteiger partial charge in [-0.05, 0) is 29.8 Å². The summed E-state index contributed by atoms with van der Waals surface area (Å²) in [5.41, 5.74) is 2.60. The fourth-order valence-corrected chi connectivity index (χ4v) is 2.43. The third-order valence-corrected chi connectivity index (χ3v) is 3.54. The number of hydrogen-bond acceptors (Lipinski definition) is 4. The van der Waals surface area contributed by atoms with Gasteiger partial charge in [-0.25, -0.2) is 0 Å². The number of rotatable bonds is 4. The van der Waals surface area contributed by atoms with Crippen LogP contribution >= 0.6 is 0 Å². The summed E-state index contributed by atoms with van der Waals surface area (Å²) in [7, 11) is 0. The highest BCUT2D eigenvalue weighted by molar-refractivity contribution is 6.21. The van der Waals surface area contributed by atoms with Crippen LogP contribution in [0.2, 0.25) is 0 Å². The van der Waals surface area contributed by atoms with Crippen molar-refractivity contribution in [1.82, 2.24) is 4.90 Å². The lowest BCUT2D eigenvalue weighted by molar-refractivity contribution is 0.0642. The smallest absolute Gasteiger partial charge is 0.261 e. The monoisotopic (exact) mass is 291 g/mol. The standard InChI is InChI=1S/C17H13N3O2/c18-9-10-19-13-7-5-12(6-8-13)11-20-16(21)14-3-1-2-4-15(14)17(20)22/h1-8,19H,10-11H2. The van der Waals surface area contributed by atoms with Gasteiger partial charge in [-0.2, -0.15) is 5.26 Å². The molecule has 0 saturated carbocycles. The van der Waals surface area contributed by atoms with Crippen LogP contribution in [-0.2, 0) is 6.54 Å². The Morgan fingerprint density at radius 1 is 0.955 bits per heavy atom. The second kappa shape index (κ2) is 5.70. The molecule has 0 atom stereocenters. The van der Waals surface area contributed by atoms with E-state index in [9.17, 15) is 9.59 Å². The van der Waals surface area contributed by atoms with E-state index in [2.05, 4.69) is 5.32 Å². The van der Waals surface area contributed by atoms with Crippen molar-refractivity contribution in [2.45, 2.75) is 6.54 Å². The van der Waals surface area contributed by atoms with Crippen LogP contribution < -0.4 is 5.32 Å². The SMILES string of the molecule is N#CCNc1ccc(CN2C(=O)c3ccccc3C2=O)cc1. The summed E-state index contributed by atoms with van der Waals surface area (Å²) in [6.07, 6.45) is 0. The van der Waals surface area contributed by atoms with Crippen LogP contribution in [-0.4, -0.2) is 23.3 Å². The second-order valence-corrected chi connectivity index (χ2v) is 4.95. The Labute approximate surface area is 127 Å². The molecular weight excluding hydrogens is 278 g/mol. The summed E-state index contributed by atoms with van der Waals surface area (Å²) in [5, 5.41) is 11.5. The Balaban J connectivity index is 1.76. The zero-order chi connectivity index (χ0) is 15.5. The number of imide groups is 1. The van der Waals surface area contributed by atoms with Gasteiger partial charge < -0.3 is 5.32 Å². The van der Waals surface area contributed by atoms with E-state index in [1.807, 2.05) is 30.3 Å². The maximum absolute atomic E-state index is 12.3. The van der Waals surface area contributed by atoms with Crippen LogP contribution in [0.25, 0.3) is 0 Å². The quantitative estimate of drug-likeness (QED) is 0.693. The van der Waals surface area contributed by atoms with E-state index >= 15 is 0 Å². The van der Waals surface area contributed by atoms with Crippen molar-refractivity contribution >= 4 is 17.5 Å². The van der Waals surface area contributed by atoms with Gasteiger partial charge in [0.05, 0.1) is 23.7 Å². The first kappa shape index (κ1) is 13.8. The molecule has 2 aromatic rings. The predicted octanol–water partition coefficient (Wildman–Crippen LogP) is 2.42. The zero-order valence-electron chi connectivity index (χ0n) is 11.7. The van der Waals surface area contributed by atoms with Crippen molar-refractivity contribution < 1.29 is 9.59 Å². The highest BCUT2D eigenvalue weighted by Gasteiger charge is 2.34. The fraction of sp³-hybridized carbons (Fsp3) is 0.118. The number of anilines is 1. The van der Waals surface area contributed by atoms with E-state index in [0.717, 1.165) is 11.3 Å². The molecule has 5 nitrogen and oxygen atoms in total. The predicted molar refractivity (Wildman–Crippen MR) is 81.2 cm³/mol. The highest BCUT2D eigenvalue weighted by atomic mass is 16.2. The molecule has 0 fully saturated rings. The van der Waals surface area contributed by atoms with Crippen LogP contribution in [0, 0.1) is 11.3 Å².